The van der Waals surface area contributed by atoms with Crippen molar-refractivity contribution in [2.45, 2.75) is 0 Å². The van der Waals surface area contributed by atoms with E-state index in [-0.39, 0.29) is 17.4 Å². The van der Waals surface area contributed by atoms with Crippen LogP contribution in [-0.4, -0.2) is 42.9 Å². The molecule has 0 spiro atoms. The Hall–Kier alpha value is -4.63. The van der Waals surface area contributed by atoms with Gasteiger partial charge in [0.2, 0.25) is 5.55 Å². The molecule has 1 aliphatic heterocycles. The molecule has 0 atom stereocenters. The zero-order chi connectivity index (χ0) is 27.5. The van der Waals surface area contributed by atoms with E-state index in [0.717, 1.165) is 15.5 Å². The number of amides is 2. The fourth-order valence-corrected chi connectivity index (χ4v) is 5.08. The Bertz CT molecular complexity index is 1740. The third-order valence-electron chi connectivity index (χ3n) is 6.73. The van der Waals surface area contributed by atoms with Gasteiger partial charge in [0.1, 0.15) is 11.1 Å². The highest BCUT2D eigenvalue weighted by molar-refractivity contribution is 9.10. The number of carbonyl (C=O) groups excluding carboxylic acids is 2. The first-order valence-electron chi connectivity index (χ1n) is 12.9. The van der Waals surface area contributed by atoms with Crippen molar-refractivity contribution in [2.24, 2.45) is 4.99 Å². The highest BCUT2D eigenvalue weighted by Gasteiger charge is 2.25. The molecule has 2 aromatic heterocycles. The van der Waals surface area contributed by atoms with Crippen molar-refractivity contribution in [1.29, 1.82) is 0 Å². The number of nitrogens with one attached hydrogen (secondary N) is 1. The molecule has 1 N–H and O–H groups in total. The van der Waals surface area contributed by atoms with Crippen molar-refractivity contribution in [3.05, 3.63) is 119 Å². The molecule has 40 heavy (non-hydrogen) atoms. The first-order chi connectivity index (χ1) is 19.5. The van der Waals surface area contributed by atoms with E-state index in [2.05, 4.69) is 31.1 Å². The summed E-state index contributed by atoms with van der Waals surface area (Å²) in [6.07, 6.45) is 1.50. The van der Waals surface area contributed by atoms with Gasteiger partial charge in [-0.2, -0.15) is 0 Å². The van der Waals surface area contributed by atoms with E-state index < -0.39 is 0 Å². The quantitative estimate of drug-likeness (QED) is 0.259. The van der Waals surface area contributed by atoms with Crippen LogP contribution in [0.1, 0.15) is 20.9 Å². The number of carbonyl (C=O) groups is 2. The molecule has 5 aromatic rings. The van der Waals surface area contributed by atoms with Crippen LogP contribution < -0.4 is 15.8 Å². The van der Waals surface area contributed by atoms with Crippen LogP contribution in [0.5, 0.6) is 0 Å². The molecular weight excluding hydrogens is 572 g/mol. The van der Waals surface area contributed by atoms with Gasteiger partial charge in [0, 0.05) is 36.0 Å². The average molecular weight is 597 g/mol. The van der Waals surface area contributed by atoms with Crippen LogP contribution in [0.15, 0.2) is 116 Å². The van der Waals surface area contributed by atoms with Gasteiger partial charge in [-0.3, -0.25) is 9.59 Å². The summed E-state index contributed by atoms with van der Waals surface area (Å²) in [6, 6.07) is 27.9. The molecule has 0 saturated carbocycles. The number of nitrogens with zero attached hydrogens (tertiary/aromatic N) is 3. The van der Waals surface area contributed by atoms with Crippen molar-refractivity contribution in [3.63, 3.8) is 0 Å². The maximum atomic E-state index is 13.8. The molecular formula is C31H25BrN4O4. The van der Waals surface area contributed by atoms with Crippen molar-refractivity contribution < 1.29 is 18.4 Å². The molecule has 1 aliphatic rings. The number of hydrogen-bond donors (Lipinski definition) is 1. The van der Waals surface area contributed by atoms with E-state index in [4.69, 9.17) is 8.83 Å². The zero-order valence-corrected chi connectivity index (χ0v) is 23.0. The minimum atomic E-state index is -0.338. The molecule has 3 heterocycles. The Morgan fingerprint density at radius 2 is 1.62 bits per heavy atom. The number of benzene rings is 3. The molecule has 0 aliphatic carbocycles. The molecule has 8 nitrogen and oxygen atoms in total. The lowest BCUT2D eigenvalue weighted by Crippen LogP contribution is -2.49. The number of fused-ring (bicyclic) bond motifs is 1. The van der Waals surface area contributed by atoms with Gasteiger partial charge >= 0.3 is 0 Å². The van der Waals surface area contributed by atoms with Gasteiger partial charge in [0.25, 0.3) is 11.8 Å². The second-order valence-electron chi connectivity index (χ2n) is 9.32. The Balaban J connectivity index is 1.29. The largest absolute Gasteiger partial charge is 0.459 e. The summed E-state index contributed by atoms with van der Waals surface area (Å²) in [6.45, 7) is 2.28. The molecule has 1 fully saturated rings. The van der Waals surface area contributed by atoms with Gasteiger partial charge in [-0.05, 0) is 54.6 Å². The summed E-state index contributed by atoms with van der Waals surface area (Å²) >= 11 is 3.54. The van der Waals surface area contributed by atoms with E-state index in [9.17, 15) is 9.59 Å². The maximum absolute atomic E-state index is 13.8. The normalized spacial score (nSPS) is 14.0. The standard InChI is InChI=1S/C31H25BrN4O4/c32-22-12-13-26(35-14-16-36(17-15-35)31(38)28-11-6-18-39-28)25(20-22)34-29(37)24-19-21-7-4-5-10-27(21)40-30(24)33-23-8-2-1-3-9-23/h1-13,18-20H,14-17H2,(H,34,37). The monoisotopic (exact) mass is 596 g/mol. The average Bonchev–Trinajstić information content (AvgIpc) is 3.52. The van der Waals surface area contributed by atoms with Crippen molar-refractivity contribution in [2.75, 3.05) is 36.4 Å². The molecule has 1 saturated heterocycles. The lowest BCUT2D eigenvalue weighted by Gasteiger charge is -2.36. The van der Waals surface area contributed by atoms with Crippen LogP contribution in [-0.2, 0) is 0 Å². The minimum Gasteiger partial charge on any atom is -0.459 e. The van der Waals surface area contributed by atoms with E-state index in [1.165, 1.54) is 6.26 Å². The van der Waals surface area contributed by atoms with Crippen LogP contribution in [0.3, 0.4) is 0 Å². The molecule has 6 rings (SSSR count). The fourth-order valence-electron chi connectivity index (χ4n) is 4.71. The van der Waals surface area contributed by atoms with Gasteiger partial charge in [-0.1, -0.05) is 52.3 Å². The second-order valence-corrected chi connectivity index (χ2v) is 10.2. The van der Waals surface area contributed by atoms with Crippen LogP contribution in [0, 0.1) is 0 Å². The summed E-state index contributed by atoms with van der Waals surface area (Å²) in [5.74, 6) is -0.124. The van der Waals surface area contributed by atoms with Gasteiger partial charge in [0.05, 0.1) is 23.3 Å². The molecule has 9 heteroatoms. The first-order valence-corrected chi connectivity index (χ1v) is 13.7. The number of piperazine rings is 1. The predicted octanol–water partition coefficient (Wildman–Crippen LogP) is 6.24. The highest BCUT2D eigenvalue weighted by atomic mass is 79.9. The maximum Gasteiger partial charge on any atom is 0.289 e. The lowest BCUT2D eigenvalue weighted by molar-refractivity contribution is 0.0714. The van der Waals surface area contributed by atoms with E-state index >= 15 is 0 Å². The minimum absolute atomic E-state index is 0.122. The topological polar surface area (TPSA) is 91.3 Å². The SMILES string of the molecule is O=C(Nc1cc(Br)ccc1N1CCN(C(=O)c2ccco2)CC1)c1cc2ccccc2oc1=Nc1ccccc1. The Labute approximate surface area is 238 Å². The fraction of sp³-hybridized carbons (Fsp3) is 0.129. The summed E-state index contributed by atoms with van der Waals surface area (Å²) < 4.78 is 12.2. The third kappa shape index (κ3) is 5.41. The molecule has 0 radical (unpaired) electrons. The number of halogens is 1. The highest BCUT2D eigenvalue weighted by Crippen LogP contribution is 2.31. The van der Waals surface area contributed by atoms with Crippen LogP contribution in [0.25, 0.3) is 11.0 Å². The van der Waals surface area contributed by atoms with Crippen LogP contribution in [0.4, 0.5) is 17.1 Å². The van der Waals surface area contributed by atoms with Gasteiger partial charge in [-0.25, -0.2) is 4.99 Å². The van der Waals surface area contributed by atoms with Crippen molar-refractivity contribution in [1.82, 2.24) is 4.90 Å². The summed E-state index contributed by atoms with van der Waals surface area (Å²) in [5.41, 5.74) is 3.37. The van der Waals surface area contributed by atoms with Gasteiger partial charge < -0.3 is 24.0 Å². The van der Waals surface area contributed by atoms with E-state index in [1.54, 1.807) is 23.1 Å². The lowest BCUT2D eigenvalue weighted by atomic mass is 10.1. The van der Waals surface area contributed by atoms with Crippen LogP contribution >= 0.6 is 15.9 Å². The van der Waals surface area contributed by atoms with Crippen LogP contribution in [0.2, 0.25) is 0 Å². The molecule has 0 unspecified atom stereocenters. The number of para-hydroxylation sites is 2. The first kappa shape index (κ1) is 25.6. The summed E-state index contributed by atoms with van der Waals surface area (Å²) in [4.78, 5) is 35.0. The summed E-state index contributed by atoms with van der Waals surface area (Å²) in [7, 11) is 0. The van der Waals surface area contributed by atoms with E-state index in [1.807, 2.05) is 72.8 Å². The Kier molecular flexibility index (Phi) is 7.20. The van der Waals surface area contributed by atoms with Crippen molar-refractivity contribution >= 4 is 55.8 Å². The van der Waals surface area contributed by atoms with Crippen molar-refractivity contribution in [3.8, 4) is 0 Å². The smallest absolute Gasteiger partial charge is 0.289 e. The van der Waals surface area contributed by atoms with E-state index in [0.29, 0.717) is 54.5 Å². The number of rotatable bonds is 5. The molecule has 0 bridgehead atoms. The van der Waals surface area contributed by atoms with Gasteiger partial charge in [0.15, 0.2) is 5.76 Å². The Morgan fingerprint density at radius 3 is 2.40 bits per heavy atom. The molecule has 2 amide bonds. The number of hydrogen-bond acceptors (Lipinski definition) is 6. The number of anilines is 2. The third-order valence-corrected chi connectivity index (χ3v) is 7.23. The molecule has 200 valence electrons. The molecule has 3 aromatic carbocycles. The predicted molar refractivity (Wildman–Crippen MR) is 157 cm³/mol. The summed E-state index contributed by atoms with van der Waals surface area (Å²) in [5, 5.41) is 3.88. The number of furan rings is 1. The Morgan fingerprint density at radius 1 is 0.850 bits per heavy atom. The zero-order valence-electron chi connectivity index (χ0n) is 21.4. The second kappa shape index (κ2) is 11.2. The van der Waals surface area contributed by atoms with Gasteiger partial charge in [-0.15, -0.1) is 0 Å².